The van der Waals surface area contributed by atoms with Crippen molar-refractivity contribution in [1.29, 1.82) is 0 Å². The number of hydrogen-bond donors (Lipinski definition) is 5. The number of aromatic amines is 1. The average molecular weight is 802 g/mol. The fraction of sp³-hybridized carbons (Fsp3) is 0.630. The van der Waals surface area contributed by atoms with Crippen LogP contribution < -0.4 is 17.0 Å². The highest BCUT2D eigenvalue weighted by Gasteiger charge is 2.59. The first-order chi connectivity index (χ1) is 23.9. The van der Waals surface area contributed by atoms with Gasteiger partial charge in [-0.25, -0.2) is 19.9 Å². The molecule has 7 rings (SSSR count). The Balaban J connectivity index is 1.23. The molecule has 4 aromatic rings. The Hall–Kier alpha value is -2.46. The molecule has 2 bridgehead atoms. The number of fused-ring (bicyclic) bond motifs is 4. The van der Waals surface area contributed by atoms with E-state index >= 15 is 0 Å². The molecule has 51 heavy (non-hydrogen) atoms. The lowest BCUT2D eigenvalue weighted by Gasteiger charge is -2.42. The number of H-pyrrole nitrogens is 1. The minimum absolute atomic E-state index is 0.0354. The zero-order valence-electron chi connectivity index (χ0n) is 28.3. The molecule has 0 spiro atoms. The van der Waals surface area contributed by atoms with Crippen LogP contribution in [0.4, 0.5) is 11.8 Å². The van der Waals surface area contributed by atoms with E-state index in [2.05, 4.69) is 63.8 Å². The summed E-state index contributed by atoms with van der Waals surface area (Å²) in [5.74, 6) is 0.116. The lowest BCUT2D eigenvalue weighted by atomic mass is 10.0. The van der Waals surface area contributed by atoms with Crippen LogP contribution in [0, 0.1) is 0 Å². The number of imidazole rings is 2. The molecule has 3 unspecified atom stereocenters. The summed E-state index contributed by atoms with van der Waals surface area (Å²) in [6.07, 6.45) is 3.02. The summed E-state index contributed by atoms with van der Waals surface area (Å²) in [6.45, 7) is 6.32. The van der Waals surface area contributed by atoms with Gasteiger partial charge in [0.25, 0.3) is 5.56 Å². The molecule has 0 aliphatic carbocycles. The van der Waals surface area contributed by atoms with Crippen LogP contribution in [0.5, 0.6) is 0 Å². The molecule has 3 aliphatic heterocycles. The maximum Gasteiger partial charge on any atom is 0.694 e. The summed E-state index contributed by atoms with van der Waals surface area (Å²) < 4.78 is 46.4. The summed E-state index contributed by atoms with van der Waals surface area (Å²) in [5, 5.41) is -1.61. The van der Waals surface area contributed by atoms with Crippen LogP contribution in [0.15, 0.2) is 23.8 Å². The molecule has 3 fully saturated rings. The molecule has 7 N–H and O–H groups in total. The Bertz CT molecular complexity index is 2110. The molecule has 276 valence electrons. The summed E-state index contributed by atoms with van der Waals surface area (Å²) in [5.41, 5.74) is 10.6. The third-order valence-corrected chi connectivity index (χ3v) is 19.5. The number of nitrogens with two attached hydrogens (primary N) is 2. The molecule has 3 aliphatic rings. The van der Waals surface area contributed by atoms with Crippen molar-refractivity contribution in [3.8, 4) is 0 Å². The largest absolute Gasteiger partial charge is 0.694 e. The first kappa shape index (κ1) is 36.9. The first-order valence-electron chi connectivity index (χ1n) is 15.9. The second kappa shape index (κ2) is 13.1. The molecule has 0 amide bonds. The molecule has 3 saturated heterocycles. The second-order valence-electron chi connectivity index (χ2n) is 14.4. The highest BCUT2D eigenvalue weighted by molar-refractivity contribution is 8.10. The van der Waals surface area contributed by atoms with Crippen molar-refractivity contribution in [2.24, 2.45) is 0 Å². The quantitative estimate of drug-likeness (QED) is 0.108. The van der Waals surface area contributed by atoms with Crippen molar-refractivity contribution in [3.63, 3.8) is 0 Å². The number of rotatable bonds is 11. The second-order valence-corrected chi connectivity index (χ2v) is 24.8. The van der Waals surface area contributed by atoms with E-state index in [0.29, 0.717) is 17.6 Å². The number of nitrogens with one attached hydrogen (secondary N) is 1. The van der Waals surface area contributed by atoms with Gasteiger partial charge in [0.05, 0.1) is 48.3 Å². The van der Waals surface area contributed by atoms with Gasteiger partial charge in [-0.3, -0.25) is 14.3 Å². The molecule has 4 aromatic heterocycles. The van der Waals surface area contributed by atoms with Crippen molar-refractivity contribution in [3.05, 3.63) is 29.3 Å². The molecule has 19 nitrogen and oxygen atoms in total. The molecule has 9 atom stereocenters. The van der Waals surface area contributed by atoms with Crippen molar-refractivity contribution in [2.75, 3.05) is 31.3 Å². The Morgan fingerprint density at radius 2 is 1.92 bits per heavy atom. The van der Waals surface area contributed by atoms with Gasteiger partial charge in [-0.15, -0.1) is 21.2 Å². The minimum atomic E-state index is -3.90. The van der Waals surface area contributed by atoms with Gasteiger partial charge in [-0.05, 0) is 29.9 Å². The maximum absolute atomic E-state index is 12.7. The topological polar surface area (TPSA) is 263 Å². The van der Waals surface area contributed by atoms with Gasteiger partial charge in [0.15, 0.2) is 43.7 Å². The van der Waals surface area contributed by atoms with Crippen molar-refractivity contribution < 1.29 is 37.3 Å². The SMILES string of the molecule is CC(C)(C)[Si](C)(C)OC1[C@@H](P(O)(=S)OC[C@]23CO[C@H](C2)[C@H](n2cnc4c(N)ncnc42)O3)[C@H](n2cnc3c(=O)[nH]c(N)nc32)S[C@@H]1CO[P+](=O)O. The number of thioether (sulfide) groups is 1. The predicted octanol–water partition coefficient (Wildman–Crippen LogP) is 2.54. The van der Waals surface area contributed by atoms with E-state index in [1.807, 2.05) is 0 Å². The first-order valence-corrected chi connectivity index (χ1v) is 23.7. The van der Waals surface area contributed by atoms with Gasteiger partial charge in [0, 0.05) is 11.0 Å². The number of nitrogen functional groups attached to an aromatic ring is 2. The van der Waals surface area contributed by atoms with E-state index in [9.17, 15) is 19.1 Å². The summed E-state index contributed by atoms with van der Waals surface area (Å²) in [4.78, 5) is 58.5. The zero-order chi connectivity index (χ0) is 36.7. The normalized spacial score (nSPS) is 29.7. The molecule has 0 aromatic carbocycles. The summed E-state index contributed by atoms with van der Waals surface area (Å²) in [7, 11) is -5.54. The van der Waals surface area contributed by atoms with Crippen LogP contribution in [-0.2, 0) is 39.3 Å². The monoisotopic (exact) mass is 801 g/mol. The highest BCUT2D eigenvalue weighted by Crippen LogP contribution is 2.64. The van der Waals surface area contributed by atoms with Gasteiger partial charge < -0.3 is 39.4 Å². The summed E-state index contributed by atoms with van der Waals surface area (Å²) >= 11 is 7.34. The molecule has 0 radical (unpaired) electrons. The van der Waals surface area contributed by atoms with Crippen LogP contribution in [-0.4, -0.2) is 106 Å². The third-order valence-electron chi connectivity index (χ3n) is 9.99. The number of hydrogen-bond acceptors (Lipinski definition) is 16. The van der Waals surface area contributed by atoms with Crippen LogP contribution in [0.2, 0.25) is 18.1 Å². The van der Waals surface area contributed by atoms with Crippen LogP contribution >= 0.6 is 26.5 Å². The van der Waals surface area contributed by atoms with Gasteiger partial charge in [-0.2, -0.15) is 4.98 Å². The zero-order valence-corrected chi connectivity index (χ0v) is 32.7. The Labute approximate surface area is 302 Å². The van der Waals surface area contributed by atoms with E-state index in [-0.39, 0.29) is 53.9 Å². The fourth-order valence-corrected chi connectivity index (χ4v) is 13.5. The van der Waals surface area contributed by atoms with Gasteiger partial charge >= 0.3 is 8.25 Å². The van der Waals surface area contributed by atoms with Crippen molar-refractivity contribution >= 4 is 80.7 Å². The van der Waals surface area contributed by atoms with E-state index < -0.39 is 62.8 Å². The number of aromatic nitrogens is 8. The number of ether oxygens (including phenoxy) is 2. The molecular formula is C27H39N10O9P2S2Si+. The van der Waals surface area contributed by atoms with E-state index in [4.69, 9.17) is 46.2 Å². The van der Waals surface area contributed by atoms with Gasteiger partial charge in [0.2, 0.25) is 5.95 Å². The van der Waals surface area contributed by atoms with E-state index in [0.717, 1.165) is 0 Å². The number of nitrogens with zero attached hydrogens (tertiary/aromatic N) is 7. The average Bonchev–Trinajstić information content (AvgIpc) is 3.86. The lowest BCUT2D eigenvalue weighted by Crippen LogP contribution is -2.49. The standard InChI is InChI=1S/C27H38N10O9P2S2Si/c1-26(2,3)51(4,5)46-17-14(7-43-47(39)40)50-24(37-12-33-16-21(37)34-25(29)35-22(16)38)18(17)48(41,49)44-9-27-6-13(42-8-27)23(45-27)36-11-32-15-19(28)30-10-31-20(15)36/h10-14,17-18,23-24H,6-9H2,1-5H3,(H6-,28,29,30,31,34,35,38,39,40,41,49)/p+1/t13-,14-,17?,18-,23-,24-,27-,48?/m1/s1. The van der Waals surface area contributed by atoms with E-state index in [1.54, 1.807) is 15.5 Å². The van der Waals surface area contributed by atoms with Crippen LogP contribution in [0.3, 0.4) is 0 Å². The van der Waals surface area contributed by atoms with Crippen LogP contribution in [0.25, 0.3) is 22.3 Å². The lowest BCUT2D eigenvalue weighted by molar-refractivity contribution is -0.179. The molecular weight excluding hydrogens is 763 g/mol. The van der Waals surface area contributed by atoms with Gasteiger partial charge in [0.1, 0.15) is 30.2 Å². The highest BCUT2D eigenvalue weighted by atomic mass is 32.5. The maximum atomic E-state index is 12.7. The van der Waals surface area contributed by atoms with E-state index in [1.165, 1.54) is 24.4 Å². The molecule has 7 heterocycles. The predicted molar refractivity (Wildman–Crippen MR) is 194 cm³/mol. The fourth-order valence-electron chi connectivity index (χ4n) is 6.42. The van der Waals surface area contributed by atoms with Gasteiger partial charge in [-0.1, -0.05) is 20.8 Å². The Morgan fingerprint density at radius 1 is 1.20 bits per heavy atom. The van der Waals surface area contributed by atoms with Crippen molar-refractivity contribution in [1.82, 2.24) is 39.0 Å². The van der Waals surface area contributed by atoms with Crippen molar-refractivity contribution in [2.45, 2.75) is 85.6 Å². The Kier molecular flexibility index (Phi) is 9.50. The third kappa shape index (κ3) is 6.67. The Morgan fingerprint density at radius 3 is 2.65 bits per heavy atom. The molecule has 24 heteroatoms. The molecule has 0 saturated carbocycles. The smallest absolute Gasteiger partial charge is 0.412 e. The minimum Gasteiger partial charge on any atom is -0.412 e. The summed E-state index contributed by atoms with van der Waals surface area (Å²) in [6, 6.07) is 0. The van der Waals surface area contributed by atoms with Crippen LogP contribution in [0.1, 0.15) is 38.8 Å². The number of anilines is 2.